The first-order chi connectivity index (χ1) is 15.5. The Kier molecular flexibility index (Phi) is 8.06. The number of carbonyl (C=O) groups excluding carboxylic acids is 1. The normalized spacial score (nSPS) is 23.4. The molecule has 0 spiro atoms. The van der Waals surface area contributed by atoms with E-state index in [1.807, 2.05) is 21.0 Å². The lowest BCUT2D eigenvalue weighted by Gasteiger charge is -2.37. The van der Waals surface area contributed by atoms with Crippen molar-refractivity contribution in [1.29, 1.82) is 0 Å². The molecule has 3 rings (SSSR count). The summed E-state index contributed by atoms with van der Waals surface area (Å²) in [5.74, 6) is 6.70. The summed E-state index contributed by atoms with van der Waals surface area (Å²) in [5, 5.41) is 9.74. The highest BCUT2D eigenvalue weighted by Gasteiger charge is 2.38. The van der Waals surface area contributed by atoms with Gasteiger partial charge in [0.25, 0.3) is 0 Å². The zero-order chi connectivity index (χ0) is 24.3. The quantitative estimate of drug-likeness (QED) is 0.620. The minimum absolute atomic E-state index is 0.0460. The van der Waals surface area contributed by atoms with E-state index >= 15 is 0 Å². The predicted molar refractivity (Wildman–Crippen MR) is 126 cm³/mol. The molecule has 2 aliphatic rings. The summed E-state index contributed by atoms with van der Waals surface area (Å²) in [7, 11) is 1.50. The van der Waals surface area contributed by atoms with Gasteiger partial charge in [0.1, 0.15) is 16.7 Å². The molecule has 0 saturated heterocycles. The van der Waals surface area contributed by atoms with Crippen LogP contribution in [-0.4, -0.2) is 93.1 Å². The number of fused-ring (bicyclic) bond motifs is 1. The summed E-state index contributed by atoms with van der Waals surface area (Å²) < 4.78 is 34.6. The number of benzene rings is 1. The van der Waals surface area contributed by atoms with Gasteiger partial charge in [-0.3, -0.25) is 4.79 Å². The fourth-order valence-corrected chi connectivity index (χ4v) is 5.52. The van der Waals surface area contributed by atoms with E-state index in [0.29, 0.717) is 18.0 Å². The van der Waals surface area contributed by atoms with Crippen molar-refractivity contribution in [2.75, 3.05) is 47.4 Å². The molecule has 9 heteroatoms. The van der Waals surface area contributed by atoms with Crippen molar-refractivity contribution in [1.82, 2.24) is 14.1 Å². The molecule has 1 aromatic carbocycles. The van der Waals surface area contributed by atoms with Crippen molar-refractivity contribution in [2.45, 2.75) is 43.7 Å². The van der Waals surface area contributed by atoms with Gasteiger partial charge in [-0.2, -0.15) is 4.31 Å². The number of amides is 1. The third kappa shape index (κ3) is 6.27. The summed E-state index contributed by atoms with van der Waals surface area (Å²) in [4.78, 5) is 16.0. The van der Waals surface area contributed by atoms with Gasteiger partial charge in [-0.05, 0) is 52.1 Å². The Morgan fingerprint density at radius 2 is 2.00 bits per heavy atom. The maximum absolute atomic E-state index is 13.5. The molecule has 0 aromatic heterocycles. The summed E-state index contributed by atoms with van der Waals surface area (Å²) in [6.07, 6.45) is 1.77. The van der Waals surface area contributed by atoms with Gasteiger partial charge in [0, 0.05) is 37.0 Å². The second-order valence-electron chi connectivity index (χ2n) is 9.46. The zero-order valence-electron chi connectivity index (χ0n) is 20.1. The van der Waals surface area contributed by atoms with Crippen LogP contribution in [0.3, 0.4) is 0 Å². The Bertz CT molecular complexity index is 1030. The molecule has 8 nitrogen and oxygen atoms in total. The van der Waals surface area contributed by atoms with Gasteiger partial charge < -0.3 is 19.6 Å². The third-order valence-electron chi connectivity index (χ3n) is 6.00. The molecule has 1 saturated carbocycles. The summed E-state index contributed by atoms with van der Waals surface area (Å²) in [5.41, 5.74) is 0.696. The van der Waals surface area contributed by atoms with E-state index in [1.54, 1.807) is 35.9 Å². The van der Waals surface area contributed by atoms with Crippen LogP contribution < -0.4 is 4.74 Å². The van der Waals surface area contributed by atoms with E-state index in [2.05, 4.69) is 11.8 Å². The number of hydrogen-bond acceptors (Lipinski definition) is 6. The summed E-state index contributed by atoms with van der Waals surface area (Å²) >= 11 is 0. The van der Waals surface area contributed by atoms with Gasteiger partial charge in [-0.1, -0.05) is 18.8 Å². The number of aliphatic hydroxyl groups excluding tert-OH is 1. The van der Waals surface area contributed by atoms with Crippen molar-refractivity contribution in [2.24, 2.45) is 11.8 Å². The molecule has 182 valence electrons. The first-order valence-electron chi connectivity index (χ1n) is 11.4. The lowest BCUT2D eigenvalue weighted by atomic mass is 10.0. The van der Waals surface area contributed by atoms with Crippen LogP contribution in [0.15, 0.2) is 23.1 Å². The molecular weight excluding hydrogens is 442 g/mol. The first-order valence-corrected chi connectivity index (χ1v) is 12.8. The Balaban J connectivity index is 1.99. The number of hydrogen-bond donors (Lipinski definition) is 1. The van der Waals surface area contributed by atoms with Crippen LogP contribution in [0.2, 0.25) is 0 Å². The highest BCUT2D eigenvalue weighted by Crippen LogP contribution is 2.34. The molecule has 1 aliphatic carbocycles. The molecule has 1 aliphatic heterocycles. The van der Waals surface area contributed by atoms with Gasteiger partial charge in [0.2, 0.25) is 15.9 Å². The fourth-order valence-electron chi connectivity index (χ4n) is 3.70. The fraction of sp³-hybridized carbons (Fsp3) is 0.625. The zero-order valence-corrected chi connectivity index (χ0v) is 20.9. The molecular formula is C24H35N3O5S. The monoisotopic (exact) mass is 477 g/mol. The predicted octanol–water partition coefficient (Wildman–Crippen LogP) is 1.24. The van der Waals surface area contributed by atoms with E-state index in [1.165, 1.54) is 10.4 Å². The van der Waals surface area contributed by atoms with Crippen molar-refractivity contribution < 1.29 is 23.1 Å². The number of sulfonamides is 1. The molecule has 1 aromatic rings. The lowest BCUT2D eigenvalue weighted by Crippen LogP contribution is -2.50. The van der Waals surface area contributed by atoms with Crippen LogP contribution in [0.25, 0.3) is 0 Å². The highest BCUT2D eigenvalue weighted by molar-refractivity contribution is 7.89. The molecule has 3 atom stereocenters. The van der Waals surface area contributed by atoms with Crippen molar-refractivity contribution in [3.05, 3.63) is 23.8 Å². The van der Waals surface area contributed by atoms with E-state index < -0.39 is 22.2 Å². The van der Waals surface area contributed by atoms with E-state index in [9.17, 15) is 18.3 Å². The number of ether oxygens (including phenoxy) is 1. The molecule has 1 fully saturated rings. The number of carbonyl (C=O) groups is 1. The smallest absolute Gasteiger partial charge is 0.247 e. The minimum Gasteiger partial charge on any atom is -0.487 e. The van der Waals surface area contributed by atoms with Gasteiger partial charge in [-0.25, -0.2) is 8.42 Å². The van der Waals surface area contributed by atoms with Crippen molar-refractivity contribution in [3.63, 3.8) is 0 Å². The van der Waals surface area contributed by atoms with E-state index in [0.717, 1.165) is 12.8 Å². The van der Waals surface area contributed by atoms with Gasteiger partial charge in [0.15, 0.2) is 0 Å². The number of likely N-dealkylation sites (N-methyl/N-ethyl adjacent to an activating group) is 2. The Morgan fingerprint density at radius 3 is 2.61 bits per heavy atom. The average molecular weight is 478 g/mol. The Morgan fingerprint density at radius 1 is 1.30 bits per heavy atom. The molecule has 33 heavy (non-hydrogen) atoms. The Hall–Kier alpha value is -2.12. The van der Waals surface area contributed by atoms with Crippen LogP contribution in [0, 0.1) is 23.7 Å². The topological polar surface area (TPSA) is 90.4 Å². The maximum Gasteiger partial charge on any atom is 0.247 e. The number of rotatable bonds is 6. The number of nitrogens with zero attached hydrogens (tertiary/aromatic N) is 3. The summed E-state index contributed by atoms with van der Waals surface area (Å²) in [6, 6.07) is 4.32. The summed E-state index contributed by atoms with van der Waals surface area (Å²) in [6.45, 7) is 4.06. The lowest BCUT2D eigenvalue weighted by molar-refractivity contribution is -0.132. The molecule has 0 bridgehead atoms. The largest absolute Gasteiger partial charge is 0.487 e. The first kappa shape index (κ1) is 25.5. The van der Waals surface area contributed by atoms with Crippen LogP contribution >= 0.6 is 0 Å². The van der Waals surface area contributed by atoms with Gasteiger partial charge in [-0.15, -0.1) is 0 Å². The second kappa shape index (κ2) is 10.4. The maximum atomic E-state index is 13.5. The SMILES string of the molecule is C[C@H]1CN([C@@H](C)CO)S(=O)(=O)c2ccc(C#CC3CC3)cc2O[C@@H]1CN(C)C(=O)CN(C)C. The number of aliphatic hydroxyl groups is 1. The van der Waals surface area contributed by atoms with Gasteiger partial charge >= 0.3 is 0 Å². The van der Waals surface area contributed by atoms with Crippen molar-refractivity contribution >= 4 is 15.9 Å². The minimum atomic E-state index is -3.89. The highest BCUT2D eigenvalue weighted by atomic mass is 32.2. The standard InChI is InChI=1S/C24H35N3O5S/c1-17-13-27(18(2)16-28)33(30,31)23-11-10-20(9-8-19-6-7-19)12-21(23)32-22(17)14-26(5)24(29)15-25(3)4/h10-12,17-19,22,28H,6-7,13-16H2,1-5H3/t17-,18-,22+/m0/s1. The van der Waals surface area contributed by atoms with Crippen LogP contribution in [-0.2, 0) is 14.8 Å². The van der Waals surface area contributed by atoms with Crippen LogP contribution in [0.4, 0.5) is 0 Å². The van der Waals surface area contributed by atoms with E-state index in [4.69, 9.17) is 4.74 Å². The van der Waals surface area contributed by atoms with Crippen LogP contribution in [0.5, 0.6) is 5.75 Å². The van der Waals surface area contributed by atoms with Crippen LogP contribution in [0.1, 0.15) is 32.3 Å². The third-order valence-corrected chi connectivity index (χ3v) is 8.02. The molecule has 0 unspecified atom stereocenters. The Labute approximate surface area is 197 Å². The molecule has 1 N–H and O–H groups in total. The molecule has 1 heterocycles. The van der Waals surface area contributed by atoms with E-state index in [-0.39, 0.29) is 42.2 Å². The molecule has 0 radical (unpaired) electrons. The van der Waals surface area contributed by atoms with Crippen molar-refractivity contribution in [3.8, 4) is 17.6 Å². The molecule has 1 amide bonds. The average Bonchev–Trinajstić information content (AvgIpc) is 3.58. The van der Waals surface area contributed by atoms with Gasteiger partial charge in [0.05, 0.1) is 19.7 Å². The second-order valence-corrected chi connectivity index (χ2v) is 11.3.